The highest BCUT2D eigenvalue weighted by Crippen LogP contribution is 2.42. The molecule has 0 saturated carbocycles. The first-order valence-corrected chi connectivity index (χ1v) is 10.9. The molecule has 3 aliphatic rings. The van der Waals surface area contributed by atoms with Gasteiger partial charge in [0.2, 0.25) is 0 Å². The van der Waals surface area contributed by atoms with Gasteiger partial charge < -0.3 is 18.8 Å². The molecule has 114 valence electrons. The molecule has 6 heteroatoms. The van der Waals surface area contributed by atoms with Crippen molar-refractivity contribution in [2.24, 2.45) is 0 Å². The molecule has 0 bridgehead atoms. The van der Waals surface area contributed by atoms with E-state index in [-0.39, 0.29) is 24.2 Å². The molecule has 3 fully saturated rings. The highest BCUT2D eigenvalue weighted by Gasteiger charge is 2.60. The molecule has 3 saturated heterocycles. The molecule has 3 rings (SSSR count). The van der Waals surface area contributed by atoms with Gasteiger partial charge in [0.1, 0.15) is 6.10 Å². The average Bonchev–Trinajstić information content (AvgIpc) is 2.72. The van der Waals surface area contributed by atoms with Crippen molar-refractivity contribution in [1.29, 1.82) is 0 Å². The van der Waals surface area contributed by atoms with E-state index in [2.05, 4.69) is 19.6 Å². The second-order valence-electron chi connectivity index (χ2n) is 7.45. The summed E-state index contributed by atoms with van der Waals surface area (Å²) in [5.41, 5.74) is 0. The molecule has 0 radical (unpaired) electrons. The molecule has 5 nitrogen and oxygen atoms in total. The molecule has 0 N–H and O–H groups in total. The maximum absolute atomic E-state index is 12.5. The normalized spacial score (nSPS) is 39.9. The third kappa shape index (κ3) is 2.43. The molecule has 0 aromatic heterocycles. The summed E-state index contributed by atoms with van der Waals surface area (Å²) < 4.78 is 18.1. The Morgan fingerprint density at radius 1 is 1.30 bits per heavy atom. The van der Waals surface area contributed by atoms with Gasteiger partial charge in [-0.1, -0.05) is 0 Å². The van der Waals surface area contributed by atoms with Crippen molar-refractivity contribution >= 4 is 14.2 Å². The van der Waals surface area contributed by atoms with E-state index >= 15 is 0 Å². The Morgan fingerprint density at radius 2 is 2.00 bits per heavy atom. The average molecular weight is 299 g/mol. The minimum Gasteiger partial charge on any atom is -0.413 e. The van der Waals surface area contributed by atoms with Crippen molar-refractivity contribution in [1.82, 2.24) is 4.90 Å². The van der Waals surface area contributed by atoms with Crippen molar-refractivity contribution in [3.8, 4) is 0 Å². The van der Waals surface area contributed by atoms with Crippen LogP contribution in [0.2, 0.25) is 19.6 Å². The monoisotopic (exact) mass is 299 g/mol. The van der Waals surface area contributed by atoms with Crippen LogP contribution in [0.1, 0.15) is 26.7 Å². The summed E-state index contributed by atoms with van der Waals surface area (Å²) in [4.78, 5) is 14.4. The molecule has 1 amide bonds. The van der Waals surface area contributed by atoms with Crippen molar-refractivity contribution in [3.63, 3.8) is 0 Å². The fourth-order valence-electron chi connectivity index (χ4n) is 3.61. The first kappa shape index (κ1) is 14.5. The smallest absolute Gasteiger partial charge is 0.255 e. The lowest BCUT2D eigenvalue weighted by Gasteiger charge is -2.41. The Kier molecular flexibility index (Phi) is 3.28. The molecule has 0 spiro atoms. The van der Waals surface area contributed by atoms with Gasteiger partial charge in [0.25, 0.3) is 5.91 Å². The molecule has 1 unspecified atom stereocenters. The summed E-state index contributed by atoms with van der Waals surface area (Å²) in [5.74, 6) is -0.590. The largest absolute Gasteiger partial charge is 0.413 e. The molecule has 0 aromatic rings. The molecule has 0 aromatic carbocycles. The zero-order chi connectivity index (χ0) is 14.7. The zero-order valence-electron chi connectivity index (χ0n) is 13.0. The molecule has 4 atom stereocenters. The predicted molar refractivity (Wildman–Crippen MR) is 76.8 cm³/mol. The summed E-state index contributed by atoms with van der Waals surface area (Å²) in [7, 11) is -1.64. The zero-order valence-corrected chi connectivity index (χ0v) is 14.0. The first-order valence-electron chi connectivity index (χ1n) is 7.52. The van der Waals surface area contributed by atoms with Crippen LogP contribution < -0.4 is 0 Å². The van der Waals surface area contributed by atoms with Crippen LogP contribution >= 0.6 is 0 Å². The van der Waals surface area contributed by atoms with Gasteiger partial charge in [0.05, 0.1) is 12.1 Å². The van der Waals surface area contributed by atoms with Gasteiger partial charge in [-0.15, -0.1) is 0 Å². The SMILES string of the molecule is CC1(C)O[C@@H]2[C@H]3C(O[Si](C)(C)C)CCCN3C(=O)[C@@H]2O1. The van der Waals surface area contributed by atoms with Gasteiger partial charge in [-0.3, -0.25) is 4.79 Å². The Hall–Kier alpha value is -0.433. The lowest BCUT2D eigenvalue weighted by molar-refractivity contribution is -0.179. The Balaban J connectivity index is 1.85. The van der Waals surface area contributed by atoms with Crippen LogP contribution in [0.3, 0.4) is 0 Å². The van der Waals surface area contributed by atoms with Crippen LogP contribution in [-0.2, 0) is 18.7 Å². The topological polar surface area (TPSA) is 48.0 Å². The minimum atomic E-state index is -1.64. The first-order chi connectivity index (χ1) is 9.18. The highest BCUT2D eigenvalue weighted by atomic mass is 28.4. The van der Waals surface area contributed by atoms with E-state index in [4.69, 9.17) is 13.9 Å². The Bertz CT molecular complexity index is 420. The van der Waals surface area contributed by atoms with Gasteiger partial charge in [-0.2, -0.15) is 0 Å². The van der Waals surface area contributed by atoms with Crippen LogP contribution in [0.25, 0.3) is 0 Å². The standard InChI is InChI=1S/C14H25NO4Si/c1-14(2)17-11-10-9(19-20(3,4)5)7-6-8-15(10)13(16)12(11)18-14/h9-12H,6-8H2,1-5H3/t9?,10-,11-,12-/m1/s1. The van der Waals surface area contributed by atoms with Crippen LogP contribution in [-0.4, -0.2) is 55.8 Å². The summed E-state index contributed by atoms with van der Waals surface area (Å²) >= 11 is 0. The van der Waals surface area contributed by atoms with E-state index in [1.54, 1.807) is 0 Å². The van der Waals surface area contributed by atoms with Crippen LogP contribution in [0.5, 0.6) is 0 Å². The third-order valence-corrected chi connectivity index (χ3v) is 5.14. The number of hydrogen-bond donors (Lipinski definition) is 0. The van der Waals surface area contributed by atoms with E-state index in [0.29, 0.717) is 0 Å². The van der Waals surface area contributed by atoms with Crippen molar-refractivity contribution in [2.75, 3.05) is 6.54 Å². The molecule has 0 aliphatic carbocycles. The number of hydrogen-bond acceptors (Lipinski definition) is 4. The van der Waals surface area contributed by atoms with Crippen LogP contribution in [0, 0.1) is 0 Å². The lowest BCUT2D eigenvalue weighted by atomic mass is 9.97. The van der Waals surface area contributed by atoms with E-state index < -0.39 is 20.2 Å². The number of fused-ring (bicyclic) bond motifs is 3. The second kappa shape index (κ2) is 4.53. The number of carbonyl (C=O) groups is 1. The quantitative estimate of drug-likeness (QED) is 0.729. The van der Waals surface area contributed by atoms with Crippen molar-refractivity contribution in [2.45, 2.75) is 76.5 Å². The Labute approximate surface area is 121 Å². The van der Waals surface area contributed by atoms with Gasteiger partial charge in [0, 0.05) is 6.54 Å². The van der Waals surface area contributed by atoms with Crippen molar-refractivity contribution in [3.05, 3.63) is 0 Å². The third-order valence-electron chi connectivity index (χ3n) is 4.13. The number of rotatable bonds is 2. The van der Waals surface area contributed by atoms with Gasteiger partial charge in [-0.05, 0) is 46.3 Å². The highest BCUT2D eigenvalue weighted by molar-refractivity contribution is 6.69. The maximum Gasteiger partial charge on any atom is 0.255 e. The second-order valence-corrected chi connectivity index (χ2v) is 11.9. The van der Waals surface area contributed by atoms with E-state index in [9.17, 15) is 4.79 Å². The van der Waals surface area contributed by atoms with E-state index in [1.807, 2.05) is 18.7 Å². The molecule has 20 heavy (non-hydrogen) atoms. The fourth-order valence-corrected chi connectivity index (χ4v) is 4.77. The van der Waals surface area contributed by atoms with E-state index in [1.165, 1.54) is 0 Å². The Morgan fingerprint density at radius 3 is 2.65 bits per heavy atom. The van der Waals surface area contributed by atoms with E-state index in [0.717, 1.165) is 19.4 Å². The molecule has 3 heterocycles. The number of amides is 1. The fraction of sp³-hybridized carbons (Fsp3) is 0.929. The number of piperidine rings is 1. The summed E-state index contributed by atoms with van der Waals surface area (Å²) in [6.07, 6.45) is 1.47. The van der Waals surface area contributed by atoms with Crippen LogP contribution in [0.4, 0.5) is 0 Å². The minimum absolute atomic E-state index is 0.0229. The predicted octanol–water partition coefficient (Wildman–Crippen LogP) is 1.73. The number of nitrogens with zero attached hydrogens (tertiary/aromatic N) is 1. The molecule has 3 aliphatic heterocycles. The maximum atomic E-state index is 12.5. The summed E-state index contributed by atoms with van der Waals surface area (Å²) in [6, 6.07) is 0.0229. The lowest BCUT2D eigenvalue weighted by Crippen LogP contribution is -2.54. The van der Waals surface area contributed by atoms with Gasteiger partial charge in [0.15, 0.2) is 20.2 Å². The summed E-state index contributed by atoms with van der Waals surface area (Å²) in [6.45, 7) is 11.1. The van der Waals surface area contributed by atoms with Gasteiger partial charge in [-0.25, -0.2) is 0 Å². The van der Waals surface area contributed by atoms with Crippen molar-refractivity contribution < 1.29 is 18.7 Å². The van der Waals surface area contributed by atoms with Gasteiger partial charge >= 0.3 is 0 Å². The number of ether oxygens (including phenoxy) is 2. The summed E-state index contributed by atoms with van der Waals surface area (Å²) in [5, 5.41) is 0. The molecular weight excluding hydrogens is 274 g/mol. The molecular formula is C14H25NO4Si. The van der Waals surface area contributed by atoms with Crippen LogP contribution in [0.15, 0.2) is 0 Å². The number of carbonyl (C=O) groups excluding carboxylic acids is 1.